The predicted molar refractivity (Wildman–Crippen MR) is 101 cm³/mol. The molecule has 6 nitrogen and oxygen atoms in total. The van der Waals surface area contributed by atoms with Crippen molar-refractivity contribution in [3.8, 4) is 0 Å². The first kappa shape index (κ1) is 16.3. The van der Waals surface area contributed by atoms with E-state index in [-0.39, 0.29) is 5.91 Å². The van der Waals surface area contributed by atoms with Crippen molar-refractivity contribution < 1.29 is 4.79 Å². The van der Waals surface area contributed by atoms with E-state index in [9.17, 15) is 4.79 Å². The fraction of sp³-hybridized carbons (Fsp3) is 0.250. The number of pyridine rings is 1. The van der Waals surface area contributed by atoms with E-state index in [0.717, 1.165) is 24.3 Å². The van der Waals surface area contributed by atoms with Gasteiger partial charge in [0.1, 0.15) is 5.82 Å². The van der Waals surface area contributed by atoms with Gasteiger partial charge in [-0.25, -0.2) is 4.98 Å². The number of anilines is 2. The molecule has 1 aromatic carbocycles. The fourth-order valence-electron chi connectivity index (χ4n) is 3.31. The van der Waals surface area contributed by atoms with Crippen molar-refractivity contribution in [2.24, 2.45) is 0 Å². The normalized spacial score (nSPS) is 15.0. The topological polar surface area (TPSA) is 63.1 Å². The zero-order valence-electron chi connectivity index (χ0n) is 14.5. The summed E-state index contributed by atoms with van der Waals surface area (Å²) in [7, 11) is 0. The Hall–Kier alpha value is -3.15. The molecule has 1 N–H and O–H groups in total. The van der Waals surface area contributed by atoms with Gasteiger partial charge in [-0.15, -0.1) is 0 Å². The Labute approximate surface area is 152 Å². The molecule has 0 aliphatic carbocycles. The maximum Gasteiger partial charge on any atom is 0.254 e. The lowest BCUT2D eigenvalue weighted by Gasteiger charge is -2.19. The molecule has 1 saturated heterocycles. The molecule has 1 aliphatic heterocycles. The summed E-state index contributed by atoms with van der Waals surface area (Å²) < 4.78 is 1.66. The SMILES string of the molecule is O=C(Nc1ccc(N2CCCC2)cn1)[C@H](c1ccccc1)n1cccn1. The summed E-state index contributed by atoms with van der Waals surface area (Å²) in [5, 5.41) is 7.17. The van der Waals surface area contributed by atoms with Gasteiger partial charge in [-0.2, -0.15) is 5.10 Å². The number of hydrogen-bond acceptors (Lipinski definition) is 4. The summed E-state index contributed by atoms with van der Waals surface area (Å²) in [5.41, 5.74) is 1.98. The van der Waals surface area contributed by atoms with Crippen LogP contribution in [0.4, 0.5) is 11.5 Å². The molecule has 1 amide bonds. The summed E-state index contributed by atoms with van der Waals surface area (Å²) in [6, 6.07) is 14.8. The summed E-state index contributed by atoms with van der Waals surface area (Å²) >= 11 is 0. The van der Waals surface area contributed by atoms with Crippen LogP contribution in [0.2, 0.25) is 0 Å². The number of aromatic nitrogens is 3. The van der Waals surface area contributed by atoms with Gasteiger partial charge in [0, 0.05) is 25.5 Å². The average molecular weight is 347 g/mol. The highest BCUT2D eigenvalue weighted by atomic mass is 16.2. The monoisotopic (exact) mass is 347 g/mol. The number of benzene rings is 1. The largest absolute Gasteiger partial charge is 0.370 e. The molecule has 26 heavy (non-hydrogen) atoms. The summed E-state index contributed by atoms with van der Waals surface area (Å²) in [4.78, 5) is 19.7. The zero-order valence-corrected chi connectivity index (χ0v) is 14.5. The second kappa shape index (κ2) is 7.39. The fourth-order valence-corrected chi connectivity index (χ4v) is 3.31. The van der Waals surface area contributed by atoms with Crippen LogP contribution in [-0.2, 0) is 4.79 Å². The van der Waals surface area contributed by atoms with Crippen molar-refractivity contribution in [2.75, 3.05) is 23.3 Å². The van der Waals surface area contributed by atoms with E-state index < -0.39 is 6.04 Å². The first-order valence-electron chi connectivity index (χ1n) is 8.87. The Bertz CT molecular complexity index is 840. The molecule has 0 bridgehead atoms. The number of nitrogens with zero attached hydrogens (tertiary/aromatic N) is 4. The van der Waals surface area contributed by atoms with E-state index in [1.165, 1.54) is 12.8 Å². The first-order chi connectivity index (χ1) is 12.8. The summed E-state index contributed by atoms with van der Waals surface area (Å²) in [6.45, 7) is 2.14. The smallest absolute Gasteiger partial charge is 0.254 e. The molecule has 1 atom stereocenters. The van der Waals surface area contributed by atoms with E-state index >= 15 is 0 Å². The molecule has 6 heteroatoms. The van der Waals surface area contributed by atoms with Crippen molar-refractivity contribution in [3.63, 3.8) is 0 Å². The van der Waals surface area contributed by atoms with Gasteiger partial charge in [0.05, 0.1) is 11.9 Å². The van der Waals surface area contributed by atoms with Gasteiger partial charge >= 0.3 is 0 Å². The third kappa shape index (κ3) is 3.44. The van der Waals surface area contributed by atoms with E-state index in [0.29, 0.717) is 5.82 Å². The third-order valence-corrected chi connectivity index (χ3v) is 4.62. The zero-order chi connectivity index (χ0) is 17.8. The van der Waals surface area contributed by atoms with Gasteiger partial charge in [0.15, 0.2) is 6.04 Å². The van der Waals surface area contributed by atoms with Gasteiger partial charge in [0.2, 0.25) is 0 Å². The predicted octanol–water partition coefficient (Wildman–Crippen LogP) is 3.11. The van der Waals surface area contributed by atoms with Crippen LogP contribution in [-0.4, -0.2) is 33.8 Å². The molecule has 3 heterocycles. The summed E-state index contributed by atoms with van der Waals surface area (Å²) in [5.74, 6) is 0.382. The number of rotatable bonds is 5. The molecule has 132 valence electrons. The average Bonchev–Trinajstić information content (AvgIpc) is 3.38. The number of carbonyl (C=O) groups is 1. The van der Waals surface area contributed by atoms with Crippen LogP contribution >= 0.6 is 0 Å². The van der Waals surface area contributed by atoms with E-state index in [1.807, 2.05) is 54.7 Å². The molecular weight excluding hydrogens is 326 g/mol. The van der Waals surface area contributed by atoms with Crippen molar-refractivity contribution in [1.29, 1.82) is 0 Å². The standard InChI is InChI=1S/C20H21N5O/c26-20(19(25-14-6-11-22-25)16-7-2-1-3-8-16)23-18-10-9-17(15-21-18)24-12-4-5-13-24/h1-3,6-11,14-15,19H,4-5,12-13H2,(H,21,23,26)/t19-/m0/s1. The van der Waals surface area contributed by atoms with E-state index in [2.05, 4.69) is 20.3 Å². The van der Waals surface area contributed by atoms with Crippen LogP contribution in [0, 0.1) is 0 Å². The van der Waals surface area contributed by atoms with Gasteiger partial charge in [-0.05, 0) is 36.6 Å². The number of amides is 1. The molecule has 0 spiro atoms. The molecular formula is C20H21N5O. The second-order valence-electron chi connectivity index (χ2n) is 6.38. The molecule has 1 fully saturated rings. The Morgan fingerprint density at radius 3 is 2.50 bits per heavy atom. The van der Waals surface area contributed by atoms with E-state index in [4.69, 9.17) is 0 Å². The number of carbonyl (C=O) groups excluding carboxylic acids is 1. The lowest BCUT2D eigenvalue weighted by Crippen LogP contribution is -2.27. The molecule has 4 rings (SSSR count). The molecule has 0 radical (unpaired) electrons. The highest BCUT2D eigenvalue weighted by Gasteiger charge is 2.23. The first-order valence-corrected chi connectivity index (χ1v) is 8.87. The second-order valence-corrected chi connectivity index (χ2v) is 6.38. The molecule has 0 unspecified atom stereocenters. The number of nitrogens with one attached hydrogen (secondary N) is 1. The van der Waals surface area contributed by atoms with E-state index in [1.54, 1.807) is 17.1 Å². The lowest BCUT2D eigenvalue weighted by molar-refractivity contribution is -0.118. The molecule has 0 saturated carbocycles. The molecule has 1 aliphatic rings. The molecule has 2 aromatic heterocycles. The maximum atomic E-state index is 12.9. The van der Waals surface area contributed by atoms with Crippen molar-refractivity contribution in [1.82, 2.24) is 14.8 Å². The minimum atomic E-state index is -0.536. The van der Waals surface area contributed by atoms with Gasteiger partial charge in [0.25, 0.3) is 5.91 Å². The summed E-state index contributed by atoms with van der Waals surface area (Å²) in [6.07, 6.45) is 7.74. The van der Waals surface area contributed by atoms with Crippen LogP contribution in [0.5, 0.6) is 0 Å². The third-order valence-electron chi connectivity index (χ3n) is 4.62. The van der Waals surface area contributed by atoms with Crippen molar-refractivity contribution in [2.45, 2.75) is 18.9 Å². The highest BCUT2D eigenvalue weighted by molar-refractivity contribution is 5.95. The van der Waals surface area contributed by atoms with Crippen LogP contribution in [0.25, 0.3) is 0 Å². The maximum absolute atomic E-state index is 12.9. The Balaban J connectivity index is 1.53. The Morgan fingerprint density at radius 2 is 1.85 bits per heavy atom. The van der Waals surface area contributed by atoms with Crippen LogP contribution in [0.3, 0.4) is 0 Å². The van der Waals surface area contributed by atoms with Crippen molar-refractivity contribution in [3.05, 3.63) is 72.7 Å². The molecule has 3 aromatic rings. The van der Waals surface area contributed by atoms with Crippen LogP contribution < -0.4 is 10.2 Å². The Kier molecular flexibility index (Phi) is 4.64. The van der Waals surface area contributed by atoms with Gasteiger partial charge < -0.3 is 10.2 Å². The highest BCUT2D eigenvalue weighted by Crippen LogP contribution is 2.22. The lowest BCUT2D eigenvalue weighted by atomic mass is 10.1. The Morgan fingerprint density at radius 1 is 1.04 bits per heavy atom. The van der Waals surface area contributed by atoms with Crippen LogP contribution in [0.15, 0.2) is 67.1 Å². The minimum absolute atomic E-state index is 0.165. The van der Waals surface area contributed by atoms with Gasteiger partial charge in [-0.3, -0.25) is 9.48 Å². The van der Waals surface area contributed by atoms with Crippen LogP contribution in [0.1, 0.15) is 24.4 Å². The van der Waals surface area contributed by atoms with Crippen molar-refractivity contribution >= 4 is 17.4 Å². The van der Waals surface area contributed by atoms with Gasteiger partial charge in [-0.1, -0.05) is 30.3 Å². The minimum Gasteiger partial charge on any atom is -0.370 e. The number of hydrogen-bond donors (Lipinski definition) is 1. The quantitative estimate of drug-likeness (QED) is 0.770.